The summed E-state index contributed by atoms with van der Waals surface area (Å²) in [5.41, 5.74) is 17.3. The standard InChI is InChI=1S/C53H41NO/c1-5-42-51(55-50-31-19-17-29-46(50)53(42)44-27-15-11-24-39(44)40-25-12-16-28-45(40)53)48(6-2)54(49-30-18-13-22-37(49)35-20-8-7-9-21-35)36-32-33-41-38-23-10-14-26-43(38)52(3,4)47(41)34-36/h5,7-8,10-20,22-34H,6H2,1-4H3/b42-5+,51-48-. The van der Waals surface area contributed by atoms with Crippen molar-refractivity contribution in [3.05, 3.63) is 221 Å². The Labute approximate surface area is 324 Å². The lowest BCUT2D eigenvalue weighted by atomic mass is 9.65. The Morgan fingerprint density at radius 3 is 1.85 bits per heavy atom. The van der Waals surface area contributed by atoms with Crippen LogP contribution < -0.4 is 9.64 Å². The minimum atomic E-state index is -0.568. The summed E-state index contributed by atoms with van der Waals surface area (Å²) in [4.78, 5) is 2.46. The summed E-state index contributed by atoms with van der Waals surface area (Å²) in [6, 6.07) is 63.8. The number of rotatable bonds is 5. The number of hydrogen-bond donors (Lipinski definition) is 0. The van der Waals surface area contributed by atoms with E-state index in [4.69, 9.17) is 4.74 Å². The molecule has 0 aromatic heterocycles. The molecule has 264 valence electrons. The maximum absolute atomic E-state index is 7.31. The van der Waals surface area contributed by atoms with Gasteiger partial charge in [-0.15, -0.1) is 0 Å². The average molecular weight is 708 g/mol. The third kappa shape index (κ3) is 4.63. The molecular weight excluding hydrogens is 667 g/mol. The number of benzene rings is 6. The van der Waals surface area contributed by atoms with Crippen LogP contribution in [-0.2, 0) is 10.8 Å². The first-order valence-electron chi connectivity index (χ1n) is 19.4. The summed E-state index contributed by atoms with van der Waals surface area (Å²) in [7, 11) is 0. The molecule has 10 rings (SSSR count). The first-order valence-corrected chi connectivity index (χ1v) is 19.4. The summed E-state index contributed by atoms with van der Waals surface area (Å²) < 4.78 is 7.31. The van der Waals surface area contributed by atoms with Crippen molar-refractivity contribution in [2.24, 2.45) is 0 Å². The highest BCUT2D eigenvalue weighted by molar-refractivity contribution is 5.91. The molecule has 1 spiro atoms. The van der Waals surface area contributed by atoms with E-state index in [9.17, 15) is 0 Å². The number of para-hydroxylation sites is 2. The summed E-state index contributed by atoms with van der Waals surface area (Å²) in [5, 5.41) is 0. The highest BCUT2D eigenvalue weighted by Crippen LogP contribution is 2.62. The zero-order valence-corrected chi connectivity index (χ0v) is 31.7. The van der Waals surface area contributed by atoms with Crippen LogP contribution in [0.2, 0.25) is 0 Å². The highest BCUT2D eigenvalue weighted by atomic mass is 16.5. The predicted molar refractivity (Wildman–Crippen MR) is 226 cm³/mol. The van der Waals surface area contributed by atoms with Crippen molar-refractivity contribution in [3.63, 3.8) is 0 Å². The van der Waals surface area contributed by atoms with Crippen molar-refractivity contribution < 1.29 is 4.74 Å². The highest BCUT2D eigenvalue weighted by Gasteiger charge is 2.53. The van der Waals surface area contributed by atoms with Gasteiger partial charge in [-0.05, 0) is 94.3 Å². The zero-order chi connectivity index (χ0) is 37.3. The Morgan fingerprint density at radius 2 is 1.20 bits per heavy atom. The van der Waals surface area contributed by atoms with Crippen molar-refractivity contribution in [2.45, 2.75) is 44.9 Å². The summed E-state index contributed by atoms with van der Waals surface area (Å²) >= 11 is 0. The van der Waals surface area contributed by atoms with Crippen LogP contribution in [0.4, 0.5) is 11.4 Å². The minimum Gasteiger partial charge on any atom is -0.455 e. The molecule has 0 radical (unpaired) electrons. The van der Waals surface area contributed by atoms with Crippen LogP contribution in [0.3, 0.4) is 0 Å². The molecule has 7 aromatic rings. The van der Waals surface area contributed by atoms with Gasteiger partial charge in [-0.3, -0.25) is 0 Å². The molecule has 0 saturated heterocycles. The second kappa shape index (κ2) is 12.5. The van der Waals surface area contributed by atoms with Gasteiger partial charge in [0.1, 0.15) is 5.75 Å². The van der Waals surface area contributed by atoms with E-state index in [0.29, 0.717) is 6.42 Å². The smallest absolute Gasteiger partial charge is 0.151 e. The summed E-state index contributed by atoms with van der Waals surface area (Å²) in [5.74, 6) is 1.77. The second-order valence-corrected chi connectivity index (χ2v) is 15.2. The molecule has 0 atom stereocenters. The van der Waals surface area contributed by atoms with Crippen molar-refractivity contribution >= 4 is 11.4 Å². The van der Waals surface area contributed by atoms with E-state index in [1.807, 2.05) is 12.1 Å². The van der Waals surface area contributed by atoms with E-state index in [1.54, 1.807) is 0 Å². The van der Waals surface area contributed by atoms with Gasteiger partial charge in [0.2, 0.25) is 0 Å². The monoisotopic (exact) mass is 707 g/mol. The largest absolute Gasteiger partial charge is 0.455 e. The quantitative estimate of drug-likeness (QED) is 0.177. The first-order chi connectivity index (χ1) is 27.0. The van der Waals surface area contributed by atoms with Gasteiger partial charge in [0.15, 0.2) is 5.76 Å². The number of fused-ring (bicyclic) bond motifs is 10. The van der Waals surface area contributed by atoms with Crippen molar-refractivity contribution in [1.29, 1.82) is 0 Å². The number of nitrogens with zero attached hydrogens (tertiary/aromatic N) is 1. The lowest BCUT2D eigenvalue weighted by Gasteiger charge is -2.43. The average Bonchev–Trinajstić information content (AvgIpc) is 3.65. The van der Waals surface area contributed by atoms with Crippen molar-refractivity contribution in [3.8, 4) is 39.1 Å². The van der Waals surface area contributed by atoms with Crippen LogP contribution in [0.25, 0.3) is 33.4 Å². The van der Waals surface area contributed by atoms with Gasteiger partial charge in [-0.1, -0.05) is 160 Å². The molecule has 2 nitrogen and oxygen atoms in total. The lowest BCUT2D eigenvalue weighted by Crippen LogP contribution is -2.37. The fourth-order valence-electron chi connectivity index (χ4n) is 9.82. The van der Waals surface area contributed by atoms with Crippen LogP contribution >= 0.6 is 0 Å². The fraction of sp³-hybridized carbons (Fsp3) is 0.132. The van der Waals surface area contributed by atoms with Gasteiger partial charge in [0, 0.05) is 33.4 Å². The maximum Gasteiger partial charge on any atom is 0.151 e. The predicted octanol–water partition coefficient (Wildman–Crippen LogP) is 13.4. The van der Waals surface area contributed by atoms with Crippen molar-refractivity contribution in [2.75, 3.05) is 4.90 Å². The third-order valence-electron chi connectivity index (χ3n) is 12.2. The van der Waals surface area contributed by atoms with E-state index in [1.165, 1.54) is 44.5 Å². The van der Waals surface area contributed by atoms with Gasteiger partial charge in [-0.2, -0.15) is 0 Å². The lowest BCUT2D eigenvalue weighted by molar-refractivity contribution is 0.381. The van der Waals surface area contributed by atoms with E-state index in [0.717, 1.165) is 50.8 Å². The van der Waals surface area contributed by atoms with E-state index >= 15 is 0 Å². The molecule has 0 bridgehead atoms. The molecule has 0 fully saturated rings. The molecular formula is C53H41NO. The Balaban J connectivity index is 1.29. The normalized spacial score (nSPS) is 16.6. The topological polar surface area (TPSA) is 12.5 Å². The van der Waals surface area contributed by atoms with Gasteiger partial charge >= 0.3 is 0 Å². The number of anilines is 2. The van der Waals surface area contributed by atoms with Gasteiger partial charge in [0.25, 0.3) is 0 Å². The fourth-order valence-corrected chi connectivity index (χ4v) is 9.82. The number of allylic oxidation sites excluding steroid dienone is 3. The third-order valence-corrected chi connectivity index (χ3v) is 12.2. The Morgan fingerprint density at radius 1 is 0.618 bits per heavy atom. The Hall–Kier alpha value is -6.56. The SMILES string of the molecule is C/C=C1\C(=C(/CC)N(c2ccc3c(c2)C(C)(C)c2ccccc2-3)c2ccccc2-c2c#cccc2)Oc2ccccc2C12c1ccccc1-c1ccccc12. The summed E-state index contributed by atoms with van der Waals surface area (Å²) in [6.07, 6.45) is 3.01. The maximum atomic E-state index is 7.31. The molecule has 55 heavy (non-hydrogen) atoms. The zero-order valence-electron chi connectivity index (χ0n) is 31.7. The molecule has 3 aliphatic rings. The van der Waals surface area contributed by atoms with Gasteiger partial charge in [0.05, 0.1) is 16.8 Å². The molecule has 1 heterocycles. The molecule has 2 heteroatoms. The van der Waals surface area contributed by atoms with Crippen LogP contribution in [0.5, 0.6) is 5.75 Å². The summed E-state index contributed by atoms with van der Waals surface area (Å²) in [6.45, 7) is 9.14. The minimum absolute atomic E-state index is 0.162. The molecule has 0 N–H and O–H groups in total. The molecule has 0 amide bonds. The number of hydrogen-bond acceptors (Lipinski definition) is 2. The Kier molecular flexibility index (Phi) is 7.51. The first kappa shape index (κ1) is 33.0. The van der Waals surface area contributed by atoms with E-state index in [2.05, 4.69) is 196 Å². The van der Waals surface area contributed by atoms with Crippen LogP contribution in [0.1, 0.15) is 61.9 Å². The van der Waals surface area contributed by atoms with Gasteiger partial charge < -0.3 is 9.64 Å². The van der Waals surface area contributed by atoms with Crippen molar-refractivity contribution in [1.82, 2.24) is 0 Å². The Bertz CT molecular complexity index is 2670. The molecule has 7 aromatic carbocycles. The second-order valence-electron chi connectivity index (χ2n) is 15.2. The van der Waals surface area contributed by atoms with Crippen LogP contribution in [-0.4, -0.2) is 0 Å². The molecule has 0 unspecified atom stereocenters. The van der Waals surface area contributed by atoms with E-state index < -0.39 is 5.41 Å². The molecule has 1 aliphatic heterocycles. The molecule has 2 aliphatic carbocycles. The molecule has 0 saturated carbocycles. The van der Waals surface area contributed by atoms with Crippen LogP contribution in [0.15, 0.2) is 181 Å². The van der Waals surface area contributed by atoms with Gasteiger partial charge in [-0.25, -0.2) is 0 Å². The van der Waals surface area contributed by atoms with Crippen LogP contribution in [0, 0.1) is 12.1 Å². The van der Waals surface area contributed by atoms with E-state index in [-0.39, 0.29) is 5.41 Å². The number of ether oxygens (including phenoxy) is 1.